The van der Waals surface area contributed by atoms with E-state index in [4.69, 9.17) is 4.74 Å². The fraction of sp³-hybridized carbons (Fsp3) is 0.0667. The summed E-state index contributed by atoms with van der Waals surface area (Å²) >= 11 is 0. The van der Waals surface area contributed by atoms with Crippen molar-refractivity contribution in [2.24, 2.45) is 7.05 Å². The lowest BCUT2D eigenvalue weighted by Gasteiger charge is -2.05. The Morgan fingerprint density at radius 1 is 1.19 bits per heavy atom. The second-order valence-electron chi connectivity index (χ2n) is 4.40. The Labute approximate surface area is 121 Å². The first-order valence-corrected chi connectivity index (χ1v) is 6.30. The maximum Gasteiger partial charge on any atom is 0.343 e. The summed E-state index contributed by atoms with van der Waals surface area (Å²) in [5, 5.41) is 4.22. The molecule has 1 aromatic carbocycles. The van der Waals surface area contributed by atoms with E-state index in [9.17, 15) is 4.79 Å². The van der Waals surface area contributed by atoms with E-state index in [0.29, 0.717) is 17.1 Å². The standard InChI is InChI=1S/C15H12N4O2/c1-19-10-17-14(18-19)12-3-2-4-13(9-12)21-15(20)11-5-7-16-8-6-11/h2-10H,1H3. The van der Waals surface area contributed by atoms with Crippen molar-refractivity contribution in [2.75, 3.05) is 0 Å². The van der Waals surface area contributed by atoms with E-state index in [0.717, 1.165) is 5.56 Å². The van der Waals surface area contributed by atoms with Crippen molar-refractivity contribution in [1.82, 2.24) is 19.7 Å². The topological polar surface area (TPSA) is 69.9 Å². The quantitative estimate of drug-likeness (QED) is 0.542. The van der Waals surface area contributed by atoms with Crippen molar-refractivity contribution in [1.29, 1.82) is 0 Å². The van der Waals surface area contributed by atoms with Gasteiger partial charge in [0.15, 0.2) is 5.82 Å². The molecule has 0 aliphatic rings. The molecule has 2 heterocycles. The third-order valence-corrected chi connectivity index (χ3v) is 2.82. The minimum Gasteiger partial charge on any atom is -0.423 e. The lowest BCUT2D eigenvalue weighted by atomic mass is 10.2. The zero-order valence-corrected chi connectivity index (χ0v) is 11.3. The van der Waals surface area contributed by atoms with Gasteiger partial charge in [0.1, 0.15) is 12.1 Å². The summed E-state index contributed by atoms with van der Waals surface area (Å²) in [5.74, 6) is 0.601. The first-order valence-electron chi connectivity index (χ1n) is 6.30. The van der Waals surface area contributed by atoms with Crippen LogP contribution in [0.2, 0.25) is 0 Å². The van der Waals surface area contributed by atoms with Gasteiger partial charge >= 0.3 is 5.97 Å². The summed E-state index contributed by atoms with van der Waals surface area (Å²) in [5.41, 5.74) is 1.24. The number of benzene rings is 1. The Morgan fingerprint density at radius 2 is 2.00 bits per heavy atom. The Balaban J connectivity index is 1.82. The third kappa shape index (κ3) is 2.94. The molecule has 6 heteroatoms. The van der Waals surface area contributed by atoms with Crippen molar-refractivity contribution in [3.05, 3.63) is 60.7 Å². The summed E-state index contributed by atoms with van der Waals surface area (Å²) < 4.78 is 6.96. The summed E-state index contributed by atoms with van der Waals surface area (Å²) in [6.07, 6.45) is 4.71. The fourth-order valence-corrected chi connectivity index (χ4v) is 1.82. The molecular formula is C15H12N4O2. The molecule has 104 valence electrons. The minimum absolute atomic E-state index is 0.427. The number of ether oxygens (including phenoxy) is 1. The summed E-state index contributed by atoms with van der Waals surface area (Å²) in [4.78, 5) is 20.0. The number of hydrogen-bond donors (Lipinski definition) is 0. The molecule has 0 spiro atoms. The fourth-order valence-electron chi connectivity index (χ4n) is 1.82. The van der Waals surface area contributed by atoms with Gasteiger partial charge in [0.05, 0.1) is 5.56 Å². The van der Waals surface area contributed by atoms with E-state index in [1.165, 1.54) is 0 Å². The number of esters is 1. The van der Waals surface area contributed by atoms with Crippen molar-refractivity contribution >= 4 is 5.97 Å². The third-order valence-electron chi connectivity index (χ3n) is 2.82. The molecule has 0 amide bonds. The van der Waals surface area contributed by atoms with E-state index >= 15 is 0 Å². The first kappa shape index (κ1) is 13.0. The van der Waals surface area contributed by atoms with Crippen LogP contribution in [0.1, 0.15) is 10.4 Å². The Morgan fingerprint density at radius 3 is 2.71 bits per heavy atom. The molecule has 0 bridgehead atoms. The second-order valence-corrected chi connectivity index (χ2v) is 4.40. The van der Waals surface area contributed by atoms with Gasteiger partial charge in [0, 0.05) is 25.0 Å². The van der Waals surface area contributed by atoms with Crippen LogP contribution in [0.5, 0.6) is 5.75 Å². The molecule has 21 heavy (non-hydrogen) atoms. The molecular weight excluding hydrogens is 268 g/mol. The van der Waals surface area contributed by atoms with Crippen LogP contribution in [0.25, 0.3) is 11.4 Å². The lowest BCUT2D eigenvalue weighted by molar-refractivity contribution is 0.0734. The predicted molar refractivity (Wildman–Crippen MR) is 75.6 cm³/mol. The maximum atomic E-state index is 12.0. The Kier molecular flexibility index (Phi) is 3.42. The van der Waals surface area contributed by atoms with E-state index < -0.39 is 5.97 Å². The highest BCUT2D eigenvalue weighted by Crippen LogP contribution is 2.21. The Hall–Kier alpha value is -3.02. The van der Waals surface area contributed by atoms with Gasteiger partial charge in [-0.15, -0.1) is 0 Å². The number of aryl methyl sites for hydroxylation is 1. The molecule has 0 aliphatic carbocycles. The zero-order chi connectivity index (χ0) is 14.7. The molecule has 2 aromatic heterocycles. The molecule has 6 nitrogen and oxygen atoms in total. The molecule has 0 fully saturated rings. The van der Waals surface area contributed by atoms with E-state index in [2.05, 4.69) is 15.1 Å². The van der Waals surface area contributed by atoms with Gasteiger partial charge in [-0.25, -0.2) is 9.78 Å². The van der Waals surface area contributed by atoms with Crippen LogP contribution in [0, 0.1) is 0 Å². The van der Waals surface area contributed by atoms with Crippen LogP contribution in [-0.2, 0) is 7.05 Å². The van der Waals surface area contributed by atoms with Gasteiger partial charge in [-0.3, -0.25) is 9.67 Å². The number of carbonyl (C=O) groups is 1. The predicted octanol–water partition coefficient (Wildman–Crippen LogP) is 2.10. The lowest BCUT2D eigenvalue weighted by Crippen LogP contribution is -2.08. The number of carbonyl (C=O) groups excluding carboxylic acids is 1. The van der Waals surface area contributed by atoms with Gasteiger partial charge < -0.3 is 4.74 Å². The molecule has 0 N–H and O–H groups in total. The minimum atomic E-state index is -0.427. The molecule has 0 atom stereocenters. The van der Waals surface area contributed by atoms with E-state index in [1.807, 2.05) is 6.07 Å². The van der Waals surface area contributed by atoms with Crippen LogP contribution >= 0.6 is 0 Å². The zero-order valence-electron chi connectivity index (χ0n) is 11.3. The Bertz CT molecular complexity index is 768. The molecule has 3 aromatic rings. The number of pyridine rings is 1. The molecule has 0 aliphatic heterocycles. The van der Waals surface area contributed by atoms with Gasteiger partial charge in [0.25, 0.3) is 0 Å². The van der Waals surface area contributed by atoms with Crippen molar-refractivity contribution in [3.8, 4) is 17.1 Å². The van der Waals surface area contributed by atoms with Crippen molar-refractivity contribution < 1.29 is 9.53 Å². The molecule has 0 saturated heterocycles. The molecule has 0 radical (unpaired) electrons. The van der Waals surface area contributed by atoms with Crippen LogP contribution in [-0.4, -0.2) is 25.7 Å². The number of hydrogen-bond acceptors (Lipinski definition) is 5. The number of rotatable bonds is 3. The molecule has 0 unspecified atom stereocenters. The van der Waals surface area contributed by atoms with Gasteiger partial charge in [-0.1, -0.05) is 12.1 Å². The summed E-state index contributed by atoms with van der Waals surface area (Å²) in [7, 11) is 1.80. The number of aromatic nitrogens is 4. The molecule has 3 rings (SSSR count). The SMILES string of the molecule is Cn1cnc(-c2cccc(OC(=O)c3ccncc3)c2)n1. The van der Waals surface area contributed by atoms with Gasteiger partial charge in [-0.2, -0.15) is 5.10 Å². The highest BCUT2D eigenvalue weighted by Gasteiger charge is 2.10. The highest BCUT2D eigenvalue weighted by atomic mass is 16.5. The highest BCUT2D eigenvalue weighted by molar-refractivity contribution is 5.90. The van der Waals surface area contributed by atoms with Crippen molar-refractivity contribution in [3.63, 3.8) is 0 Å². The van der Waals surface area contributed by atoms with E-state index in [-0.39, 0.29) is 0 Å². The van der Waals surface area contributed by atoms with Gasteiger partial charge in [0.2, 0.25) is 0 Å². The van der Waals surface area contributed by atoms with E-state index in [1.54, 1.807) is 60.8 Å². The van der Waals surface area contributed by atoms with Crippen LogP contribution in [0.4, 0.5) is 0 Å². The van der Waals surface area contributed by atoms with Crippen LogP contribution < -0.4 is 4.74 Å². The van der Waals surface area contributed by atoms with Gasteiger partial charge in [-0.05, 0) is 24.3 Å². The van der Waals surface area contributed by atoms with Crippen molar-refractivity contribution in [2.45, 2.75) is 0 Å². The maximum absolute atomic E-state index is 12.0. The number of nitrogens with zero attached hydrogens (tertiary/aromatic N) is 4. The van der Waals surface area contributed by atoms with Crippen LogP contribution in [0.15, 0.2) is 55.1 Å². The second kappa shape index (κ2) is 5.54. The monoisotopic (exact) mass is 280 g/mol. The molecule has 0 saturated carbocycles. The summed E-state index contributed by atoms with van der Waals surface area (Å²) in [6.45, 7) is 0. The smallest absolute Gasteiger partial charge is 0.343 e. The summed E-state index contributed by atoms with van der Waals surface area (Å²) in [6, 6.07) is 10.3. The largest absolute Gasteiger partial charge is 0.423 e. The van der Waals surface area contributed by atoms with Crippen LogP contribution in [0.3, 0.4) is 0 Å². The average molecular weight is 280 g/mol. The normalized spacial score (nSPS) is 10.3. The first-order chi connectivity index (χ1) is 10.2. The average Bonchev–Trinajstić information content (AvgIpc) is 2.95.